The lowest BCUT2D eigenvalue weighted by atomic mass is 9.74. The van der Waals surface area contributed by atoms with E-state index in [0.717, 1.165) is 36.0 Å². The van der Waals surface area contributed by atoms with Gasteiger partial charge in [0.15, 0.2) is 0 Å². The second kappa shape index (κ2) is 2.50. The van der Waals surface area contributed by atoms with E-state index in [1.165, 1.54) is 12.8 Å². The Bertz CT molecular complexity index is 223. The third-order valence-electron chi connectivity index (χ3n) is 5.30. The topological polar surface area (TPSA) is 20.2 Å². The van der Waals surface area contributed by atoms with E-state index >= 15 is 0 Å². The van der Waals surface area contributed by atoms with Crippen LogP contribution in [-0.4, -0.2) is 11.2 Å². The molecule has 0 radical (unpaired) electrons. The van der Waals surface area contributed by atoms with E-state index in [9.17, 15) is 5.11 Å². The van der Waals surface area contributed by atoms with Crippen molar-refractivity contribution in [1.82, 2.24) is 0 Å². The van der Waals surface area contributed by atoms with E-state index in [1.807, 2.05) is 0 Å². The predicted molar refractivity (Wildman–Crippen MR) is 52.1 cm³/mol. The SMILES string of the molecule is CC1CC2CC1C1C(C)C(O)CC21. The average Bonchev–Trinajstić information content (AvgIpc) is 2.66. The Hall–Kier alpha value is -0.0400. The first-order valence-corrected chi connectivity index (χ1v) is 5.86. The van der Waals surface area contributed by atoms with Gasteiger partial charge in [0.25, 0.3) is 0 Å². The normalized spacial score (nSPS) is 64.4. The van der Waals surface area contributed by atoms with Crippen molar-refractivity contribution in [2.24, 2.45) is 35.5 Å². The van der Waals surface area contributed by atoms with Gasteiger partial charge in [-0.2, -0.15) is 0 Å². The summed E-state index contributed by atoms with van der Waals surface area (Å²) in [5.74, 6) is 5.24. The van der Waals surface area contributed by atoms with Crippen LogP contribution in [0.15, 0.2) is 0 Å². The molecule has 7 unspecified atom stereocenters. The molecular weight excluding hydrogens is 160 g/mol. The third-order valence-corrected chi connectivity index (χ3v) is 5.30. The van der Waals surface area contributed by atoms with Gasteiger partial charge in [0, 0.05) is 0 Å². The molecule has 3 fully saturated rings. The molecular formula is C12H20O. The highest BCUT2D eigenvalue weighted by molar-refractivity contribution is 5.06. The molecule has 0 spiro atoms. The fraction of sp³-hybridized carbons (Fsp3) is 1.00. The molecule has 2 bridgehead atoms. The molecule has 1 nitrogen and oxygen atoms in total. The van der Waals surface area contributed by atoms with Gasteiger partial charge in [-0.05, 0) is 54.8 Å². The summed E-state index contributed by atoms with van der Waals surface area (Å²) in [5.41, 5.74) is 0. The zero-order valence-corrected chi connectivity index (χ0v) is 8.61. The van der Waals surface area contributed by atoms with Crippen molar-refractivity contribution in [2.75, 3.05) is 0 Å². The Morgan fingerprint density at radius 3 is 2.54 bits per heavy atom. The highest BCUT2D eigenvalue weighted by Gasteiger charge is 2.57. The maximum absolute atomic E-state index is 9.85. The molecule has 3 saturated carbocycles. The molecule has 7 atom stereocenters. The zero-order chi connectivity index (χ0) is 9.16. The number of aliphatic hydroxyl groups excluding tert-OH is 1. The Morgan fingerprint density at radius 2 is 1.77 bits per heavy atom. The molecule has 0 saturated heterocycles. The summed E-state index contributed by atoms with van der Waals surface area (Å²) in [7, 11) is 0. The van der Waals surface area contributed by atoms with Gasteiger partial charge >= 0.3 is 0 Å². The van der Waals surface area contributed by atoms with Crippen molar-refractivity contribution in [3.8, 4) is 0 Å². The quantitative estimate of drug-likeness (QED) is 0.606. The molecule has 0 amide bonds. The lowest BCUT2D eigenvalue weighted by molar-refractivity contribution is 0.107. The fourth-order valence-corrected chi connectivity index (χ4v) is 4.73. The van der Waals surface area contributed by atoms with Crippen LogP contribution in [0.4, 0.5) is 0 Å². The summed E-state index contributed by atoms with van der Waals surface area (Å²) in [6, 6.07) is 0. The maximum Gasteiger partial charge on any atom is 0.0571 e. The zero-order valence-electron chi connectivity index (χ0n) is 8.61. The Balaban J connectivity index is 1.90. The van der Waals surface area contributed by atoms with Gasteiger partial charge in [-0.15, -0.1) is 0 Å². The molecule has 0 aromatic rings. The molecule has 13 heavy (non-hydrogen) atoms. The van der Waals surface area contributed by atoms with Crippen LogP contribution in [-0.2, 0) is 0 Å². The van der Waals surface area contributed by atoms with E-state index in [1.54, 1.807) is 0 Å². The summed E-state index contributed by atoms with van der Waals surface area (Å²) < 4.78 is 0. The Kier molecular flexibility index (Phi) is 1.59. The van der Waals surface area contributed by atoms with Crippen molar-refractivity contribution in [2.45, 2.75) is 39.2 Å². The first-order chi connectivity index (χ1) is 6.18. The van der Waals surface area contributed by atoms with Crippen molar-refractivity contribution in [3.63, 3.8) is 0 Å². The van der Waals surface area contributed by atoms with Gasteiger partial charge in [0.1, 0.15) is 0 Å². The van der Waals surface area contributed by atoms with E-state index in [4.69, 9.17) is 0 Å². The largest absolute Gasteiger partial charge is 0.393 e. The van der Waals surface area contributed by atoms with Crippen molar-refractivity contribution in [3.05, 3.63) is 0 Å². The lowest BCUT2D eigenvalue weighted by Gasteiger charge is -2.31. The molecule has 3 rings (SSSR count). The van der Waals surface area contributed by atoms with E-state index < -0.39 is 0 Å². The molecule has 0 aromatic carbocycles. The van der Waals surface area contributed by atoms with Crippen LogP contribution in [0.3, 0.4) is 0 Å². The smallest absolute Gasteiger partial charge is 0.0571 e. The standard InChI is InChI=1S/C12H20O/c1-6-3-8-4-9(6)12-7(2)11(13)5-10(8)12/h6-13H,3-5H2,1-2H3. The van der Waals surface area contributed by atoms with Crippen molar-refractivity contribution in [1.29, 1.82) is 0 Å². The molecule has 1 heteroatoms. The highest BCUT2D eigenvalue weighted by Crippen LogP contribution is 2.62. The van der Waals surface area contributed by atoms with Crippen LogP contribution in [0.5, 0.6) is 0 Å². The van der Waals surface area contributed by atoms with E-state index in [2.05, 4.69) is 13.8 Å². The van der Waals surface area contributed by atoms with Crippen LogP contribution in [0, 0.1) is 35.5 Å². The highest BCUT2D eigenvalue weighted by atomic mass is 16.3. The van der Waals surface area contributed by atoms with E-state index in [0.29, 0.717) is 5.92 Å². The molecule has 0 aliphatic heterocycles. The number of rotatable bonds is 0. The van der Waals surface area contributed by atoms with Crippen LogP contribution >= 0.6 is 0 Å². The number of aliphatic hydroxyl groups is 1. The summed E-state index contributed by atoms with van der Waals surface area (Å²) >= 11 is 0. The maximum atomic E-state index is 9.85. The predicted octanol–water partition coefficient (Wildman–Crippen LogP) is 2.30. The minimum absolute atomic E-state index is 0.0191. The first-order valence-electron chi connectivity index (χ1n) is 5.86. The number of hydrogen-bond donors (Lipinski definition) is 1. The monoisotopic (exact) mass is 180 g/mol. The second-order valence-corrected chi connectivity index (χ2v) is 5.78. The van der Waals surface area contributed by atoms with Crippen LogP contribution in [0.2, 0.25) is 0 Å². The van der Waals surface area contributed by atoms with Gasteiger partial charge in [-0.25, -0.2) is 0 Å². The molecule has 74 valence electrons. The van der Waals surface area contributed by atoms with Crippen LogP contribution in [0.25, 0.3) is 0 Å². The number of hydrogen-bond acceptors (Lipinski definition) is 1. The summed E-state index contributed by atoms with van der Waals surface area (Å²) in [4.78, 5) is 0. The van der Waals surface area contributed by atoms with Gasteiger partial charge in [-0.3, -0.25) is 0 Å². The summed E-state index contributed by atoms with van der Waals surface area (Å²) in [6.07, 6.45) is 4.06. The summed E-state index contributed by atoms with van der Waals surface area (Å²) in [5, 5.41) is 9.85. The van der Waals surface area contributed by atoms with Gasteiger partial charge in [0.2, 0.25) is 0 Å². The third kappa shape index (κ3) is 0.918. The molecule has 0 heterocycles. The lowest BCUT2D eigenvalue weighted by Crippen LogP contribution is -2.27. The summed E-state index contributed by atoms with van der Waals surface area (Å²) in [6.45, 7) is 4.68. The Labute approximate surface area is 80.5 Å². The van der Waals surface area contributed by atoms with Crippen LogP contribution < -0.4 is 0 Å². The average molecular weight is 180 g/mol. The minimum Gasteiger partial charge on any atom is -0.393 e. The Morgan fingerprint density at radius 1 is 1.00 bits per heavy atom. The molecule has 3 aliphatic carbocycles. The number of fused-ring (bicyclic) bond motifs is 5. The first kappa shape index (κ1) is 8.28. The van der Waals surface area contributed by atoms with Gasteiger partial charge in [0.05, 0.1) is 6.10 Å². The van der Waals surface area contributed by atoms with Gasteiger partial charge < -0.3 is 5.11 Å². The van der Waals surface area contributed by atoms with Gasteiger partial charge in [-0.1, -0.05) is 13.8 Å². The second-order valence-electron chi connectivity index (χ2n) is 5.78. The van der Waals surface area contributed by atoms with Crippen molar-refractivity contribution >= 4 is 0 Å². The minimum atomic E-state index is 0.0191. The molecule has 3 aliphatic rings. The molecule has 0 aromatic heterocycles. The van der Waals surface area contributed by atoms with E-state index in [-0.39, 0.29) is 6.10 Å². The van der Waals surface area contributed by atoms with Crippen LogP contribution in [0.1, 0.15) is 33.1 Å². The van der Waals surface area contributed by atoms with Crippen molar-refractivity contribution < 1.29 is 5.11 Å². The fourth-order valence-electron chi connectivity index (χ4n) is 4.73. The molecule has 1 N–H and O–H groups in total.